The average Bonchev–Trinajstić information content (AvgIpc) is 2.67. The molecule has 0 aromatic carbocycles. The van der Waals surface area contributed by atoms with Crippen LogP contribution in [0.25, 0.3) is 0 Å². The summed E-state index contributed by atoms with van der Waals surface area (Å²) in [6.45, 7) is 3.05. The van der Waals surface area contributed by atoms with E-state index < -0.39 is 0 Å². The van der Waals surface area contributed by atoms with Gasteiger partial charge in [0.15, 0.2) is 5.82 Å². The summed E-state index contributed by atoms with van der Waals surface area (Å²) in [6, 6.07) is 0.636. The second kappa shape index (κ2) is 4.50. The van der Waals surface area contributed by atoms with Crippen LogP contribution in [0.3, 0.4) is 0 Å². The Morgan fingerprint density at radius 2 is 2.43 bits per heavy atom. The fraction of sp³-hybridized carbons (Fsp3) is 0.889. The van der Waals surface area contributed by atoms with E-state index in [1.165, 1.54) is 25.7 Å². The number of nitrogens with one attached hydrogen (secondary N) is 2. The third kappa shape index (κ3) is 2.51. The van der Waals surface area contributed by atoms with Gasteiger partial charge in [-0.15, -0.1) is 10.2 Å². The van der Waals surface area contributed by atoms with Crippen molar-refractivity contribution in [3.8, 4) is 0 Å². The molecule has 0 spiro atoms. The van der Waals surface area contributed by atoms with Crippen LogP contribution < -0.4 is 5.32 Å². The molecule has 5 heteroatoms. The van der Waals surface area contributed by atoms with Gasteiger partial charge in [-0.3, -0.25) is 0 Å². The van der Waals surface area contributed by atoms with Crippen molar-refractivity contribution in [2.24, 2.45) is 5.92 Å². The largest absolute Gasteiger partial charge is 0.307 e. The van der Waals surface area contributed by atoms with E-state index in [4.69, 9.17) is 0 Å². The Balaban J connectivity index is 1.75. The summed E-state index contributed by atoms with van der Waals surface area (Å²) >= 11 is 0. The number of aromatic amines is 1. The van der Waals surface area contributed by atoms with Crippen molar-refractivity contribution in [1.29, 1.82) is 0 Å². The first-order valence-electron chi connectivity index (χ1n) is 5.30. The van der Waals surface area contributed by atoms with Crippen molar-refractivity contribution >= 4 is 0 Å². The third-order valence-corrected chi connectivity index (χ3v) is 2.87. The minimum Gasteiger partial charge on any atom is -0.307 e. The summed E-state index contributed by atoms with van der Waals surface area (Å²) in [7, 11) is 0. The van der Waals surface area contributed by atoms with Gasteiger partial charge in [-0.2, -0.15) is 5.21 Å². The van der Waals surface area contributed by atoms with Crippen LogP contribution in [0.2, 0.25) is 0 Å². The lowest BCUT2D eigenvalue weighted by Crippen LogP contribution is -2.33. The summed E-state index contributed by atoms with van der Waals surface area (Å²) < 4.78 is 0. The van der Waals surface area contributed by atoms with Crippen LogP contribution in [0, 0.1) is 5.92 Å². The Morgan fingerprint density at radius 1 is 1.50 bits per heavy atom. The van der Waals surface area contributed by atoms with Gasteiger partial charge in [0, 0.05) is 6.04 Å². The molecule has 1 fully saturated rings. The molecule has 2 atom stereocenters. The molecule has 0 saturated heterocycles. The molecule has 0 radical (unpaired) electrons. The molecule has 5 nitrogen and oxygen atoms in total. The minimum absolute atomic E-state index is 0.636. The molecule has 0 amide bonds. The summed E-state index contributed by atoms with van der Waals surface area (Å²) in [4.78, 5) is 0. The molecule has 1 aliphatic carbocycles. The van der Waals surface area contributed by atoms with E-state index in [2.05, 4.69) is 32.9 Å². The molecule has 1 aliphatic rings. The molecular weight excluding hydrogens is 178 g/mol. The lowest BCUT2D eigenvalue weighted by molar-refractivity contribution is 0.299. The average molecular weight is 195 g/mol. The van der Waals surface area contributed by atoms with Crippen LogP contribution >= 0.6 is 0 Å². The van der Waals surface area contributed by atoms with Gasteiger partial charge in [0.2, 0.25) is 0 Å². The highest BCUT2D eigenvalue weighted by molar-refractivity contribution is 4.80. The van der Waals surface area contributed by atoms with Crippen molar-refractivity contribution in [3.05, 3.63) is 5.82 Å². The fourth-order valence-electron chi connectivity index (χ4n) is 2.11. The minimum atomic E-state index is 0.636. The molecule has 2 rings (SSSR count). The summed E-state index contributed by atoms with van der Waals surface area (Å²) in [5.41, 5.74) is 0. The maximum absolute atomic E-state index is 3.91. The van der Waals surface area contributed by atoms with Gasteiger partial charge in [-0.1, -0.05) is 25.0 Å². The lowest BCUT2D eigenvalue weighted by Gasteiger charge is -2.27. The summed E-state index contributed by atoms with van der Waals surface area (Å²) in [5, 5.41) is 17.3. The summed E-state index contributed by atoms with van der Waals surface area (Å²) in [5.74, 6) is 1.61. The van der Waals surface area contributed by atoms with Gasteiger partial charge in [0.1, 0.15) is 0 Å². The standard InChI is InChI=1S/C9H17N5/c1-7-3-2-4-8(5-7)10-6-9-11-13-14-12-9/h7-8,10H,2-6H2,1H3,(H,11,12,13,14). The molecule has 14 heavy (non-hydrogen) atoms. The predicted octanol–water partition coefficient (Wildman–Crippen LogP) is 0.868. The van der Waals surface area contributed by atoms with E-state index >= 15 is 0 Å². The monoisotopic (exact) mass is 195 g/mol. The van der Waals surface area contributed by atoms with Crippen molar-refractivity contribution in [2.45, 2.75) is 45.2 Å². The van der Waals surface area contributed by atoms with Crippen LogP contribution in [0.5, 0.6) is 0 Å². The maximum Gasteiger partial charge on any atom is 0.188 e. The molecule has 1 saturated carbocycles. The van der Waals surface area contributed by atoms with E-state index in [1.807, 2.05) is 0 Å². The van der Waals surface area contributed by atoms with E-state index in [-0.39, 0.29) is 0 Å². The maximum atomic E-state index is 3.91. The van der Waals surface area contributed by atoms with Crippen molar-refractivity contribution in [1.82, 2.24) is 25.9 Å². The van der Waals surface area contributed by atoms with Gasteiger partial charge in [0.25, 0.3) is 0 Å². The van der Waals surface area contributed by atoms with Crippen molar-refractivity contribution in [2.75, 3.05) is 0 Å². The Morgan fingerprint density at radius 3 is 3.14 bits per heavy atom. The highest BCUT2D eigenvalue weighted by Gasteiger charge is 2.18. The zero-order valence-electron chi connectivity index (χ0n) is 8.53. The number of tetrazole rings is 1. The fourth-order valence-corrected chi connectivity index (χ4v) is 2.11. The topological polar surface area (TPSA) is 66.5 Å². The molecule has 0 bridgehead atoms. The van der Waals surface area contributed by atoms with Crippen LogP contribution in [-0.4, -0.2) is 26.7 Å². The molecule has 78 valence electrons. The molecule has 0 aliphatic heterocycles. The van der Waals surface area contributed by atoms with Crippen LogP contribution in [0.15, 0.2) is 0 Å². The third-order valence-electron chi connectivity index (χ3n) is 2.87. The number of hydrogen-bond acceptors (Lipinski definition) is 4. The zero-order valence-corrected chi connectivity index (χ0v) is 8.53. The van der Waals surface area contributed by atoms with E-state index in [9.17, 15) is 0 Å². The van der Waals surface area contributed by atoms with Crippen LogP contribution in [-0.2, 0) is 6.54 Å². The number of H-pyrrole nitrogens is 1. The van der Waals surface area contributed by atoms with Crippen LogP contribution in [0.4, 0.5) is 0 Å². The number of nitrogens with zero attached hydrogens (tertiary/aromatic N) is 3. The number of aromatic nitrogens is 4. The number of hydrogen-bond donors (Lipinski definition) is 2. The molecule has 1 aromatic heterocycles. The molecule has 1 heterocycles. The first kappa shape index (κ1) is 9.58. The second-order valence-corrected chi connectivity index (χ2v) is 4.18. The second-order valence-electron chi connectivity index (χ2n) is 4.18. The van der Waals surface area contributed by atoms with Gasteiger partial charge in [-0.05, 0) is 18.8 Å². The molecule has 1 aromatic rings. The Bertz CT molecular complexity index is 258. The van der Waals surface area contributed by atoms with E-state index in [0.717, 1.165) is 18.3 Å². The Labute approximate surface area is 83.7 Å². The first-order chi connectivity index (χ1) is 6.84. The van der Waals surface area contributed by atoms with Gasteiger partial charge >= 0.3 is 0 Å². The lowest BCUT2D eigenvalue weighted by atomic mass is 9.87. The Hall–Kier alpha value is -0.970. The summed E-state index contributed by atoms with van der Waals surface area (Å²) in [6.07, 6.45) is 5.27. The predicted molar refractivity (Wildman–Crippen MR) is 52.4 cm³/mol. The highest BCUT2D eigenvalue weighted by Crippen LogP contribution is 2.23. The van der Waals surface area contributed by atoms with Crippen molar-refractivity contribution in [3.63, 3.8) is 0 Å². The quantitative estimate of drug-likeness (QED) is 0.751. The van der Waals surface area contributed by atoms with E-state index in [1.54, 1.807) is 0 Å². The molecule has 2 unspecified atom stereocenters. The van der Waals surface area contributed by atoms with Gasteiger partial charge < -0.3 is 5.32 Å². The first-order valence-corrected chi connectivity index (χ1v) is 5.30. The molecular formula is C9H17N5. The Kier molecular flexibility index (Phi) is 3.08. The number of rotatable bonds is 3. The SMILES string of the molecule is CC1CCCC(NCc2nn[nH]n2)C1. The normalized spacial score (nSPS) is 27.8. The van der Waals surface area contributed by atoms with E-state index in [0.29, 0.717) is 6.04 Å². The molecule has 2 N–H and O–H groups in total. The van der Waals surface area contributed by atoms with Gasteiger partial charge in [-0.25, -0.2) is 0 Å². The van der Waals surface area contributed by atoms with Crippen molar-refractivity contribution < 1.29 is 0 Å². The smallest absolute Gasteiger partial charge is 0.188 e. The highest BCUT2D eigenvalue weighted by atomic mass is 15.5. The van der Waals surface area contributed by atoms with Crippen LogP contribution in [0.1, 0.15) is 38.4 Å². The van der Waals surface area contributed by atoms with Gasteiger partial charge in [0.05, 0.1) is 6.54 Å². The zero-order chi connectivity index (χ0) is 9.80.